The van der Waals surface area contributed by atoms with E-state index in [9.17, 15) is 9.82 Å². The van der Waals surface area contributed by atoms with E-state index in [0.717, 1.165) is 16.3 Å². The molecule has 0 saturated carbocycles. The second kappa shape index (κ2) is 7.98. The molecule has 8 heteroatoms. The highest BCUT2D eigenvalue weighted by Crippen LogP contribution is 2.24. The first-order valence-corrected chi connectivity index (χ1v) is 9.07. The topological polar surface area (TPSA) is 107 Å². The lowest BCUT2D eigenvalue weighted by molar-refractivity contribution is -0.117. The molecule has 1 aliphatic heterocycles. The molecule has 1 aliphatic rings. The van der Waals surface area contributed by atoms with Gasteiger partial charge in [0.1, 0.15) is 12.4 Å². The molecule has 2 aromatic carbocycles. The highest BCUT2D eigenvalue weighted by Gasteiger charge is 2.27. The van der Waals surface area contributed by atoms with E-state index >= 15 is 0 Å². The van der Waals surface area contributed by atoms with Crippen molar-refractivity contribution in [2.45, 2.75) is 5.92 Å². The van der Waals surface area contributed by atoms with Crippen molar-refractivity contribution in [1.29, 1.82) is 0 Å². The Kier molecular flexibility index (Phi) is 5.25. The van der Waals surface area contributed by atoms with Crippen molar-refractivity contribution in [3.8, 4) is 5.75 Å². The van der Waals surface area contributed by atoms with Gasteiger partial charge in [0.2, 0.25) is 5.91 Å². The first-order chi connectivity index (χ1) is 13.7. The number of carbonyl (C=O) groups is 1. The number of fused-ring (bicyclic) bond motifs is 2. The largest absolute Gasteiger partial charge is 0.495 e. The SMILES string of the molecule is NCC(C(=O)Nc1ccc2cnccc2c1)c1ccc2c(c1)OCCOB2O. The highest BCUT2D eigenvalue weighted by atomic mass is 16.6. The van der Waals surface area contributed by atoms with Gasteiger partial charge in [-0.25, -0.2) is 0 Å². The van der Waals surface area contributed by atoms with Crippen molar-refractivity contribution in [3.05, 3.63) is 60.4 Å². The van der Waals surface area contributed by atoms with E-state index in [1.807, 2.05) is 24.3 Å². The van der Waals surface area contributed by atoms with Crippen LogP contribution in [0.15, 0.2) is 54.9 Å². The quantitative estimate of drug-likeness (QED) is 0.586. The number of amides is 1. The Morgan fingerprint density at radius 1 is 1.21 bits per heavy atom. The molecule has 0 saturated heterocycles. The fourth-order valence-corrected chi connectivity index (χ4v) is 3.28. The molecule has 0 fully saturated rings. The average molecular weight is 377 g/mol. The van der Waals surface area contributed by atoms with Crippen LogP contribution in [0.4, 0.5) is 5.69 Å². The van der Waals surface area contributed by atoms with Gasteiger partial charge in [-0.2, -0.15) is 0 Å². The molecule has 4 N–H and O–H groups in total. The van der Waals surface area contributed by atoms with E-state index in [0.29, 0.717) is 30.1 Å². The fraction of sp³-hybridized carbons (Fsp3) is 0.200. The third-order valence-corrected chi connectivity index (χ3v) is 4.78. The minimum atomic E-state index is -1.04. The lowest BCUT2D eigenvalue weighted by atomic mass is 9.78. The van der Waals surface area contributed by atoms with Crippen LogP contribution in [0.2, 0.25) is 0 Å². The van der Waals surface area contributed by atoms with E-state index in [4.69, 9.17) is 15.1 Å². The summed E-state index contributed by atoms with van der Waals surface area (Å²) in [4.78, 5) is 17.0. The Hall–Kier alpha value is -2.94. The summed E-state index contributed by atoms with van der Waals surface area (Å²) < 4.78 is 10.9. The maximum Gasteiger partial charge on any atom is 0.495 e. The van der Waals surface area contributed by atoms with E-state index in [2.05, 4.69) is 10.3 Å². The summed E-state index contributed by atoms with van der Waals surface area (Å²) >= 11 is 0. The monoisotopic (exact) mass is 377 g/mol. The molecule has 0 spiro atoms. The van der Waals surface area contributed by atoms with Crippen LogP contribution in [-0.4, -0.2) is 42.8 Å². The van der Waals surface area contributed by atoms with E-state index in [-0.39, 0.29) is 12.5 Å². The van der Waals surface area contributed by atoms with E-state index in [1.54, 1.807) is 30.6 Å². The van der Waals surface area contributed by atoms with E-state index in [1.165, 1.54) is 0 Å². The number of carbonyl (C=O) groups excluding carboxylic acids is 1. The van der Waals surface area contributed by atoms with Crippen LogP contribution in [0.1, 0.15) is 11.5 Å². The second-order valence-corrected chi connectivity index (χ2v) is 6.58. The van der Waals surface area contributed by atoms with Crippen molar-refractivity contribution in [2.24, 2.45) is 5.73 Å². The number of nitrogens with zero attached hydrogens (tertiary/aromatic N) is 1. The zero-order valence-electron chi connectivity index (χ0n) is 15.2. The van der Waals surface area contributed by atoms with Gasteiger partial charge in [-0.15, -0.1) is 0 Å². The normalized spacial score (nSPS) is 14.7. The van der Waals surface area contributed by atoms with Crippen LogP contribution >= 0.6 is 0 Å². The van der Waals surface area contributed by atoms with Gasteiger partial charge in [-0.3, -0.25) is 9.78 Å². The second-order valence-electron chi connectivity index (χ2n) is 6.58. The van der Waals surface area contributed by atoms with Crippen LogP contribution in [0.3, 0.4) is 0 Å². The number of hydrogen-bond donors (Lipinski definition) is 3. The highest BCUT2D eigenvalue weighted by molar-refractivity contribution is 6.61. The molecular formula is C20H20BN3O4. The maximum absolute atomic E-state index is 12.9. The van der Waals surface area contributed by atoms with Crippen LogP contribution in [0.5, 0.6) is 5.75 Å². The van der Waals surface area contributed by atoms with Crippen LogP contribution in [0, 0.1) is 0 Å². The Morgan fingerprint density at radius 2 is 2.11 bits per heavy atom. The lowest BCUT2D eigenvalue weighted by Gasteiger charge is -2.17. The van der Waals surface area contributed by atoms with Crippen molar-refractivity contribution < 1.29 is 19.2 Å². The molecule has 28 heavy (non-hydrogen) atoms. The Bertz CT molecular complexity index is 1010. The zero-order chi connectivity index (χ0) is 19.5. The molecule has 3 aromatic rings. The molecular weight excluding hydrogens is 357 g/mol. The predicted octanol–water partition coefficient (Wildman–Crippen LogP) is 1.01. The van der Waals surface area contributed by atoms with E-state index < -0.39 is 13.0 Å². The third-order valence-electron chi connectivity index (χ3n) is 4.78. The summed E-state index contributed by atoms with van der Waals surface area (Å²) in [5.41, 5.74) is 7.85. The number of nitrogens with one attached hydrogen (secondary N) is 1. The molecule has 0 radical (unpaired) electrons. The number of pyridine rings is 1. The van der Waals surface area contributed by atoms with Crippen LogP contribution in [0.25, 0.3) is 10.8 Å². The fourth-order valence-electron chi connectivity index (χ4n) is 3.28. The number of rotatable bonds is 4. The summed E-state index contributed by atoms with van der Waals surface area (Å²) in [6.45, 7) is 0.767. The first-order valence-electron chi connectivity index (χ1n) is 9.07. The Morgan fingerprint density at radius 3 is 2.96 bits per heavy atom. The van der Waals surface area contributed by atoms with Crippen molar-refractivity contribution >= 4 is 34.9 Å². The van der Waals surface area contributed by atoms with Gasteiger partial charge in [0.05, 0.1) is 12.5 Å². The molecule has 1 atom stereocenters. The number of ether oxygens (including phenoxy) is 1. The van der Waals surface area contributed by atoms with Crippen LogP contribution in [-0.2, 0) is 9.45 Å². The summed E-state index contributed by atoms with van der Waals surface area (Å²) in [7, 11) is -1.04. The first kappa shape index (κ1) is 18.4. The molecule has 7 nitrogen and oxygen atoms in total. The van der Waals surface area contributed by atoms with Gasteiger partial charge in [-0.1, -0.05) is 18.2 Å². The maximum atomic E-state index is 12.9. The standard InChI is InChI=1S/C20H20BN3O4/c22-11-17(14-2-4-18-19(10-14)27-7-8-28-21(18)26)20(25)24-16-3-1-15-12-23-6-5-13(15)9-16/h1-6,9-10,12,17,26H,7-8,11,22H2,(H,24,25). The van der Waals surface area contributed by atoms with Crippen molar-refractivity contribution in [3.63, 3.8) is 0 Å². The number of nitrogens with two attached hydrogens (primary N) is 1. The lowest BCUT2D eigenvalue weighted by Crippen LogP contribution is -2.33. The smallest absolute Gasteiger partial charge is 0.492 e. The van der Waals surface area contributed by atoms with Gasteiger partial charge in [0.15, 0.2) is 0 Å². The molecule has 2 heterocycles. The van der Waals surface area contributed by atoms with Gasteiger partial charge < -0.3 is 25.5 Å². The van der Waals surface area contributed by atoms with Gasteiger partial charge in [-0.05, 0) is 35.2 Å². The molecule has 4 rings (SSSR count). The number of benzene rings is 2. The Labute approximate surface area is 162 Å². The number of aromatic nitrogens is 1. The number of hydrogen-bond acceptors (Lipinski definition) is 6. The summed E-state index contributed by atoms with van der Waals surface area (Å²) in [6.07, 6.45) is 3.49. The number of anilines is 1. The summed E-state index contributed by atoms with van der Waals surface area (Å²) in [6, 6.07) is 12.8. The molecule has 0 bridgehead atoms. The van der Waals surface area contributed by atoms with Gasteiger partial charge >= 0.3 is 7.12 Å². The minimum Gasteiger partial charge on any atom is -0.492 e. The summed E-state index contributed by atoms with van der Waals surface area (Å²) in [5, 5.41) is 14.9. The average Bonchev–Trinajstić information content (AvgIpc) is 2.89. The third kappa shape index (κ3) is 3.70. The Balaban J connectivity index is 1.57. The predicted molar refractivity (Wildman–Crippen MR) is 108 cm³/mol. The summed E-state index contributed by atoms with van der Waals surface area (Å²) in [5.74, 6) is -0.253. The zero-order valence-corrected chi connectivity index (χ0v) is 15.2. The van der Waals surface area contributed by atoms with Crippen LogP contribution < -0.4 is 21.3 Å². The molecule has 142 valence electrons. The van der Waals surface area contributed by atoms with Crippen molar-refractivity contribution in [2.75, 3.05) is 25.1 Å². The van der Waals surface area contributed by atoms with Gasteiger partial charge in [0, 0.05) is 35.5 Å². The molecule has 1 unspecified atom stereocenters. The minimum absolute atomic E-state index is 0.140. The van der Waals surface area contributed by atoms with Crippen molar-refractivity contribution in [1.82, 2.24) is 4.98 Å². The molecule has 1 aromatic heterocycles. The molecule has 1 amide bonds. The van der Waals surface area contributed by atoms with Gasteiger partial charge in [0.25, 0.3) is 0 Å². The molecule has 0 aliphatic carbocycles.